The van der Waals surface area contributed by atoms with Crippen LogP contribution in [0, 0.1) is 24.0 Å². The van der Waals surface area contributed by atoms with Gasteiger partial charge in [-0.3, -0.25) is 14.9 Å². The van der Waals surface area contributed by atoms with Crippen LogP contribution in [0.2, 0.25) is 0 Å². The van der Waals surface area contributed by atoms with Gasteiger partial charge in [0, 0.05) is 17.1 Å². The van der Waals surface area contributed by atoms with Crippen molar-refractivity contribution in [3.05, 3.63) is 79.6 Å². The Morgan fingerprint density at radius 2 is 1.92 bits per heavy atom. The van der Waals surface area contributed by atoms with Gasteiger partial charge in [-0.15, -0.1) is 0 Å². The molecule has 0 aliphatic heterocycles. The molecule has 0 bridgehead atoms. The molecule has 8 heteroatoms. The summed E-state index contributed by atoms with van der Waals surface area (Å²) in [4.78, 5) is 27.4. The zero-order chi connectivity index (χ0) is 18.8. The molecule has 0 atom stereocenters. The molecule has 0 fully saturated rings. The van der Waals surface area contributed by atoms with E-state index >= 15 is 0 Å². The quantitative estimate of drug-likeness (QED) is 0.553. The van der Waals surface area contributed by atoms with E-state index < -0.39 is 22.0 Å². The van der Waals surface area contributed by atoms with Crippen molar-refractivity contribution in [3.63, 3.8) is 0 Å². The number of aryl methyl sites for hydroxylation is 1. The third-order valence-corrected chi connectivity index (χ3v) is 3.98. The van der Waals surface area contributed by atoms with Crippen LogP contribution in [0.15, 0.2) is 41.2 Å². The van der Waals surface area contributed by atoms with Crippen LogP contribution in [0.25, 0.3) is 17.8 Å². The van der Waals surface area contributed by atoms with Gasteiger partial charge >= 0.3 is 11.2 Å². The minimum Gasteiger partial charge on any atom is -0.488 e. The van der Waals surface area contributed by atoms with Crippen molar-refractivity contribution >= 4 is 17.8 Å². The van der Waals surface area contributed by atoms with Gasteiger partial charge in [0.2, 0.25) is 0 Å². The van der Waals surface area contributed by atoms with Crippen LogP contribution < -0.4 is 5.56 Å². The minimum absolute atomic E-state index is 0.0302. The third-order valence-electron chi connectivity index (χ3n) is 3.98. The lowest BCUT2D eigenvalue weighted by molar-refractivity contribution is -0.387. The van der Waals surface area contributed by atoms with Crippen LogP contribution in [0.1, 0.15) is 22.8 Å². The highest BCUT2D eigenvalue weighted by Crippen LogP contribution is 2.23. The summed E-state index contributed by atoms with van der Waals surface area (Å²) in [6.07, 6.45) is 3.22. The minimum atomic E-state index is -1.00. The molecular formula is C18H16N4O4. The molecule has 0 unspecified atom stereocenters. The smallest absolute Gasteiger partial charge is 0.395 e. The fourth-order valence-electron chi connectivity index (χ4n) is 2.82. The molecule has 1 aromatic carbocycles. The molecule has 0 saturated heterocycles. The van der Waals surface area contributed by atoms with Crippen LogP contribution in [0.5, 0.6) is 5.88 Å². The summed E-state index contributed by atoms with van der Waals surface area (Å²) in [5, 5.41) is 20.3. The fourth-order valence-corrected chi connectivity index (χ4v) is 2.82. The first-order valence-electron chi connectivity index (χ1n) is 7.78. The van der Waals surface area contributed by atoms with E-state index in [-0.39, 0.29) is 5.82 Å². The predicted molar refractivity (Wildman–Crippen MR) is 97.3 cm³/mol. The highest BCUT2D eigenvalue weighted by Gasteiger charge is 2.21. The molecule has 0 aliphatic carbocycles. The molecule has 0 spiro atoms. The van der Waals surface area contributed by atoms with E-state index in [9.17, 15) is 20.0 Å². The standard InChI is InChI=1S/C18H16N4O4/c1-11-10-13(12(2)21(11)14-6-4-3-5-7-14)8-9-15-19-17(23)16(22(25)26)18(24)20-15/h3-10H,1-2H3,(H2,19,20,23,24)/b9-8+. The Balaban J connectivity index is 1.98. The first kappa shape index (κ1) is 17.2. The molecule has 26 heavy (non-hydrogen) atoms. The predicted octanol–water partition coefficient (Wildman–Crippen LogP) is 2.96. The van der Waals surface area contributed by atoms with Gasteiger partial charge in [-0.05, 0) is 49.8 Å². The van der Waals surface area contributed by atoms with E-state index in [1.807, 2.05) is 50.2 Å². The monoisotopic (exact) mass is 352 g/mol. The Hall–Kier alpha value is -3.68. The van der Waals surface area contributed by atoms with E-state index in [2.05, 4.69) is 14.5 Å². The number of H-pyrrole nitrogens is 1. The Kier molecular flexibility index (Phi) is 4.40. The van der Waals surface area contributed by atoms with Crippen LogP contribution in [-0.4, -0.2) is 24.6 Å². The van der Waals surface area contributed by atoms with Crippen molar-refractivity contribution in [1.29, 1.82) is 0 Å². The fraction of sp³-hybridized carbons (Fsp3) is 0.111. The lowest BCUT2D eigenvalue weighted by Gasteiger charge is -2.09. The van der Waals surface area contributed by atoms with Crippen molar-refractivity contribution in [2.75, 3.05) is 0 Å². The average molecular weight is 352 g/mol. The van der Waals surface area contributed by atoms with E-state index in [0.29, 0.717) is 0 Å². The summed E-state index contributed by atoms with van der Waals surface area (Å²) >= 11 is 0. The van der Waals surface area contributed by atoms with Crippen molar-refractivity contribution in [1.82, 2.24) is 14.5 Å². The van der Waals surface area contributed by atoms with Crippen molar-refractivity contribution in [3.8, 4) is 11.6 Å². The highest BCUT2D eigenvalue weighted by molar-refractivity contribution is 5.69. The second-order valence-electron chi connectivity index (χ2n) is 5.71. The first-order valence-corrected chi connectivity index (χ1v) is 7.78. The van der Waals surface area contributed by atoms with Gasteiger partial charge in [0.15, 0.2) is 0 Å². The summed E-state index contributed by atoms with van der Waals surface area (Å²) in [7, 11) is 0. The molecule has 2 aromatic heterocycles. The number of nitrogens with one attached hydrogen (secondary N) is 1. The third kappa shape index (κ3) is 3.12. The molecule has 0 radical (unpaired) electrons. The van der Waals surface area contributed by atoms with E-state index in [1.54, 1.807) is 6.08 Å². The van der Waals surface area contributed by atoms with Crippen LogP contribution in [0.3, 0.4) is 0 Å². The Labute approximate surface area is 148 Å². The van der Waals surface area contributed by atoms with Crippen LogP contribution in [0.4, 0.5) is 5.69 Å². The molecule has 0 saturated carbocycles. The van der Waals surface area contributed by atoms with Gasteiger partial charge in [-0.25, -0.2) is 0 Å². The molecule has 2 N–H and O–H groups in total. The first-order chi connectivity index (χ1) is 12.4. The maximum Gasteiger partial charge on any atom is 0.395 e. The summed E-state index contributed by atoms with van der Waals surface area (Å²) < 4.78 is 2.09. The van der Waals surface area contributed by atoms with E-state index in [0.717, 1.165) is 22.6 Å². The van der Waals surface area contributed by atoms with E-state index in [1.165, 1.54) is 6.08 Å². The average Bonchev–Trinajstić information content (AvgIpc) is 2.86. The number of para-hydroxylation sites is 1. The molecular weight excluding hydrogens is 336 g/mol. The number of benzene rings is 1. The number of nitro groups is 1. The number of aromatic amines is 1. The lowest BCUT2D eigenvalue weighted by atomic mass is 10.2. The van der Waals surface area contributed by atoms with Gasteiger partial charge in [0.25, 0.3) is 5.88 Å². The summed E-state index contributed by atoms with van der Waals surface area (Å²) in [6.45, 7) is 3.94. The maximum absolute atomic E-state index is 11.7. The number of hydrogen-bond donors (Lipinski definition) is 2. The molecule has 0 amide bonds. The van der Waals surface area contributed by atoms with Crippen molar-refractivity contribution in [2.45, 2.75) is 13.8 Å². The molecule has 0 aliphatic rings. The zero-order valence-corrected chi connectivity index (χ0v) is 14.1. The van der Waals surface area contributed by atoms with Crippen molar-refractivity contribution < 1.29 is 10.0 Å². The second kappa shape index (κ2) is 6.67. The van der Waals surface area contributed by atoms with Gasteiger partial charge in [-0.1, -0.05) is 18.2 Å². The van der Waals surface area contributed by atoms with Crippen LogP contribution in [-0.2, 0) is 0 Å². The summed E-state index contributed by atoms with van der Waals surface area (Å²) in [6, 6.07) is 11.8. The lowest BCUT2D eigenvalue weighted by Crippen LogP contribution is -2.14. The largest absolute Gasteiger partial charge is 0.488 e. The molecule has 8 nitrogen and oxygen atoms in total. The van der Waals surface area contributed by atoms with Gasteiger partial charge in [0.05, 0.1) is 4.92 Å². The number of hydrogen-bond acceptors (Lipinski definition) is 5. The number of aromatic nitrogens is 3. The summed E-state index contributed by atoms with van der Waals surface area (Å²) in [5.41, 5.74) is 1.97. The Morgan fingerprint density at radius 3 is 2.54 bits per heavy atom. The maximum atomic E-state index is 11.7. The number of nitrogens with zero attached hydrogens (tertiary/aromatic N) is 3. The summed E-state index contributed by atoms with van der Waals surface area (Å²) in [5.74, 6) is -0.879. The normalized spacial score (nSPS) is 11.2. The van der Waals surface area contributed by atoms with E-state index in [4.69, 9.17) is 0 Å². The van der Waals surface area contributed by atoms with Gasteiger partial charge in [-0.2, -0.15) is 4.98 Å². The number of rotatable bonds is 4. The molecule has 3 rings (SSSR count). The topological polar surface area (TPSA) is 114 Å². The zero-order valence-electron chi connectivity index (χ0n) is 14.1. The SMILES string of the molecule is Cc1cc(/C=C/c2nc(O)c([N+](=O)[O-])c(=O)[nH]2)c(C)n1-c1ccccc1. The Bertz CT molecular complexity index is 1060. The molecule has 2 heterocycles. The highest BCUT2D eigenvalue weighted by atomic mass is 16.6. The van der Waals surface area contributed by atoms with Crippen molar-refractivity contribution in [2.24, 2.45) is 0 Å². The van der Waals surface area contributed by atoms with Gasteiger partial charge < -0.3 is 14.7 Å². The van der Waals surface area contributed by atoms with Crippen LogP contribution >= 0.6 is 0 Å². The van der Waals surface area contributed by atoms with Gasteiger partial charge in [0.1, 0.15) is 5.82 Å². The Morgan fingerprint density at radius 1 is 1.23 bits per heavy atom. The second-order valence-corrected chi connectivity index (χ2v) is 5.71. The number of aromatic hydroxyl groups is 1. The molecule has 3 aromatic rings. The molecule has 132 valence electrons.